The van der Waals surface area contributed by atoms with Crippen LogP contribution in [-0.2, 0) is 4.79 Å². The summed E-state index contributed by atoms with van der Waals surface area (Å²) >= 11 is 0. The van der Waals surface area contributed by atoms with Crippen LogP contribution in [0.25, 0.3) is 11.0 Å². The van der Waals surface area contributed by atoms with Gasteiger partial charge in [0.15, 0.2) is 0 Å². The molecule has 9 nitrogen and oxygen atoms in total. The Kier molecular flexibility index (Phi) is 6.10. The fraction of sp³-hybridized carbons (Fsp3) is 0.176. The lowest BCUT2D eigenvalue weighted by Crippen LogP contribution is -2.12. The molecule has 2 aromatic heterocycles. The monoisotopic (exact) mass is 356 g/mol. The van der Waals surface area contributed by atoms with Crippen molar-refractivity contribution in [3.05, 3.63) is 42.1 Å². The number of hydrogen-bond donors (Lipinski definition) is 5. The molecule has 6 N–H and O–H groups in total. The minimum absolute atomic E-state index is 0.250. The molecule has 1 amide bonds. The number of aromatic amines is 1. The Bertz CT molecular complexity index is 889. The fourth-order valence-electron chi connectivity index (χ4n) is 2.23. The van der Waals surface area contributed by atoms with Gasteiger partial charge in [0.1, 0.15) is 11.5 Å². The van der Waals surface area contributed by atoms with Crippen LogP contribution in [0.2, 0.25) is 0 Å². The van der Waals surface area contributed by atoms with E-state index >= 15 is 0 Å². The fourth-order valence-corrected chi connectivity index (χ4v) is 2.23. The molecule has 0 saturated carbocycles. The Hall–Kier alpha value is -3.62. The molecule has 0 bridgehead atoms. The summed E-state index contributed by atoms with van der Waals surface area (Å²) in [6, 6.07) is 9.03. The number of fused-ring (bicyclic) bond motifs is 1. The quantitative estimate of drug-likeness (QED) is 0.441. The summed E-state index contributed by atoms with van der Waals surface area (Å²) in [6.07, 6.45) is 1.83. The minimum atomic E-state index is -0.455. The predicted octanol–water partition coefficient (Wildman–Crippen LogP) is 2.32. The van der Waals surface area contributed by atoms with Gasteiger partial charge in [-0.05, 0) is 44.2 Å². The topological polar surface area (TPSA) is 146 Å². The Morgan fingerprint density at radius 3 is 2.46 bits per heavy atom. The molecule has 136 valence electrons. The van der Waals surface area contributed by atoms with Gasteiger partial charge in [0.05, 0.1) is 5.39 Å². The van der Waals surface area contributed by atoms with E-state index in [1.807, 2.05) is 12.3 Å². The van der Waals surface area contributed by atoms with Gasteiger partial charge in [-0.1, -0.05) is 0 Å². The van der Waals surface area contributed by atoms with Gasteiger partial charge in [-0.3, -0.25) is 9.59 Å². The van der Waals surface area contributed by atoms with E-state index in [2.05, 4.69) is 39.4 Å². The number of rotatable bonds is 5. The van der Waals surface area contributed by atoms with Crippen LogP contribution in [0.1, 0.15) is 24.2 Å². The second-order valence-electron chi connectivity index (χ2n) is 5.61. The zero-order valence-corrected chi connectivity index (χ0v) is 14.4. The van der Waals surface area contributed by atoms with Gasteiger partial charge >= 0.3 is 0 Å². The zero-order chi connectivity index (χ0) is 19.1. The van der Waals surface area contributed by atoms with Gasteiger partial charge in [0.25, 0.3) is 6.47 Å². The van der Waals surface area contributed by atoms with E-state index in [0.29, 0.717) is 11.5 Å². The molecule has 1 aromatic carbocycles. The third kappa shape index (κ3) is 4.69. The maximum Gasteiger partial charge on any atom is 0.290 e. The van der Waals surface area contributed by atoms with Crippen molar-refractivity contribution in [2.45, 2.75) is 19.9 Å². The number of H-pyrrole nitrogens is 1. The Labute approximate surface area is 149 Å². The number of benzene rings is 1. The van der Waals surface area contributed by atoms with Crippen molar-refractivity contribution in [2.75, 3.05) is 10.6 Å². The average Bonchev–Trinajstić information content (AvgIpc) is 3.04. The molecule has 0 aliphatic heterocycles. The third-order valence-corrected chi connectivity index (χ3v) is 3.27. The van der Waals surface area contributed by atoms with Gasteiger partial charge in [-0.25, -0.2) is 0 Å². The van der Waals surface area contributed by atoms with Crippen LogP contribution in [0.15, 0.2) is 36.5 Å². The standard InChI is InChI=1S/C16H18N6O.CH2O2/c1-9(2)19-15-12-7-8-18-14(12)21-16(22-15)20-11-5-3-10(4-6-11)13(17)23;2-1-3/h3-9H,1-2H3,(H2,17,23)(H3,18,19,20,21,22);1H,(H,2,3). The number of amides is 1. The third-order valence-electron chi connectivity index (χ3n) is 3.27. The van der Waals surface area contributed by atoms with Crippen LogP contribution in [0, 0.1) is 0 Å². The van der Waals surface area contributed by atoms with Crippen molar-refractivity contribution in [1.82, 2.24) is 15.0 Å². The van der Waals surface area contributed by atoms with Gasteiger partial charge in [-0.2, -0.15) is 9.97 Å². The molecule has 0 saturated heterocycles. The van der Waals surface area contributed by atoms with E-state index in [9.17, 15) is 4.79 Å². The highest BCUT2D eigenvalue weighted by Crippen LogP contribution is 2.23. The smallest absolute Gasteiger partial charge is 0.290 e. The largest absolute Gasteiger partial charge is 0.483 e. The molecule has 0 atom stereocenters. The number of primary amides is 1. The zero-order valence-electron chi connectivity index (χ0n) is 14.4. The SMILES string of the molecule is CC(C)Nc1nc(Nc2ccc(C(N)=O)cc2)nc2[nH]ccc12.O=CO. The van der Waals surface area contributed by atoms with E-state index in [4.69, 9.17) is 15.6 Å². The molecule has 0 unspecified atom stereocenters. The number of aromatic nitrogens is 3. The molecule has 3 aromatic rings. The second-order valence-corrected chi connectivity index (χ2v) is 5.61. The highest BCUT2D eigenvalue weighted by atomic mass is 16.3. The van der Waals surface area contributed by atoms with Crippen LogP contribution in [0.4, 0.5) is 17.5 Å². The number of nitrogens with two attached hydrogens (primary N) is 1. The van der Waals surface area contributed by atoms with Gasteiger partial charge in [0, 0.05) is 23.5 Å². The van der Waals surface area contributed by atoms with Crippen LogP contribution < -0.4 is 16.4 Å². The lowest BCUT2D eigenvalue weighted by Gasteiger charge is -2.12. The Balaban J connectivity index is 0.000000758. The van der Waals surface area contributed by atoms with Gasteiger partial charge in [0.2, 0.25) is 11.9 Å². The molecule has 3 rings (SSSR count). The first-order valence-corrected chi connectivity index (χ1v) is 7.81. The van der Waals surface area contributed by atoms with Crippen molar-refractivity contribution in [3.63, 3.8) is 0 Å². The van der Waals surface area contributed by atoms with Crippen molar-refractivity contribution in [1.29, 1.82) is 0 Å². The summed E-state index contributed by atoms with van der Waals surface area (Å²) < 4.78 is 0. The summed E-state index contributed by atoms with van der Waals surface area (Å²) in [6.45, 7) is 3.85. The first-order chi connectivity index (χ1) is 12.4. The molecule has 0 spiro atoms. The lowest BCUT2D eigenvalue weighted by atomic mass is 10.2. The summed E-state index contributed by atoms with van der Waals surface area (Å²) in [7, 11) is 0. The minimum Gasteiger partial charge on any atom is -0.483 e. The van der Waals surface area contributed by atoms with Crippen molar-refractivity contribution in [3.8, 4) is 0 Å². The van der Waals surface area contributed by atoms with Crippen molar-refractivity contribution >= 4 is 40.9 Å². The van der Waals surface area contributed by atoms with E-state index < -0.39 is 5.91 Å². The molecular weight excluding hydrogens is 336 g/mol. The van der Waals surface area contributed by atoms with Crippen molar-refractivity contribution in [2.24, 2.45) is 5.73 Å². The average molecular weight is 356 g/mol. The maximum atomic E-state index is 11.1. The van der Waals surface area contributed by atoms with Crippen molar-refractivity contribution < 1.29 is 14.7 Å². The number of anilines is 3. The highest BCUT2D eigenvalue weighted by Gasteiger charge is 2.10. The van der Waals surface area contributed by atoms with E-state index in [1.165, 1.54) is 0 Å². The maximum absolute atomic E-state index is 11.1. The predicted molar refractivity (Wildman–Crippen MR) is 99.6 cm³/mol. The molecule has 9 heteroatoms. The molecule has 0 aliphatic rings. The first-order valence-electron chi connectivity index (χ1n) is 7.81. The summed E-state index contributed by atoms with van der Waals surface area (Å²) in [5.41, 5.74) is 7.22. The van der Waals surface area contributed by atoms with Gasteiger partial charge in [-0.15, -0.1) is 0 Å². The number of hydrogen-bond acceptors (Lipinski definition) is 6. The number of nitrogens with zero attached hydrogens (tertiary/aromatic N) is 2. The number of carbonyl (C=O) groups excluding carboxylic acids is 1. The van der Waals surface area contributed by atoms with E-state index in [0.717, 1.165) is 22.5 Å². The van der Waals surface area contributed by atoms with Crippen LogP contribution >= 0.6 is 0 Å². The van der Waals surface area contributed by atoms with E-state index in [-0.39, 0.29) is 12.5 Å². The molecule has 0 fully saturated rings. The lowest BCUT2D eigenvalue weighted by molar-refractivity contribution is -0.122. The normalized spacial score (nSPS) is 10.1. The molecule has 0 aliphatic carbocycles. The summed E-state index contributed by atoms with van der Waals surface area (Å²) in [5.74, 6) is 0.779. The number of carboxylic acid groups (broad SMARTS) is 1. The molecular formula is C17H20N6O3. The molecule has 0 radical (unpaired) electrons. The Morgan fingerprint density at radius 2 is 1.88 bits per heavy atom. The molecule has 2 heterocycles. The first kappa shape index (κ1) is 18.7. The second kappa shape index (κ2) is 8.47. The number of carbonyl (C=O) groups is 2. The number of nitrogens with one attached hydrogen (secondary N) is 3. The van der Waals surface area contributed by atoms with Crippen LogP contribution in [0.3, 0.4) is 0 Å². The molecule has 26 heavy (non-hydrogen) atoms. The highest BCUT2D eigenvalue weighted by molar-refractivity contribution is 5.93. The van der Waals surface area contributed by atoms with Crippen LogP contribution in [0.5, 0.6) is 0 Å². The summed E-state index contributed by atoms with van der Waals surface area (Å²) in [4.78, 5) is 31.5. The Morgan fingerprint density at radius 1 is 1.23 bits per heavy atom. The van der Waals surface area contributed by atoms with Crippen LogP contribution in [-0.4, -0.2) is 38.5 Å². The van der Waals surface area contributed by atoms with Gasteiger partial charge < -0.3 is 26.5 Å². The summed E-state index contributed by atoms with van der Waals surface area (Å²) in [5, 5.41) is 14.3. The van der Waals surface area contributed by atoms with E-state index in [1.54, 1.807) is 24.3 Å².